The molecular formula is C23H23ClN2O3. The first kappa shape index (κ1) is 8.11. The lowest BCUT2D eigenvalue weighted by molar-refractivity contribution is 0.0697. The van der Waals surface area contributed by atoms with Crippen molar-refractivity contribution in [1.29, 1.82) is 0 Å². The Bertz CT molecular complexity index is 1760. The SMILES string of the molecule is [2H]c1c([2H])c(NC([2H])([2H])CNC([2H])([2H])[C@@]([2H])(O)c2c([2H])c([2H])c([2H])c(Cl)c2[2H])c([2H])c(-c2c([2H])c([2H])c([2H])c(C(=O)O)c2[2H])c1[2H]. The fraction of sp³-hybridized carbons (Fsp3) is 0.174. The van der Waals surface area contributed by atoms with Crippen molar-refractivity contribution in [3.63, 3.8) is 0 Å². The average molecular weight is 428 g/mol. The minimum absolute atomic E-state index is 0.752. The highest BCUT2D eigenvalue weighted by Gasteiger charge is 2.07. The summed E-state index contributed by atoms with van der Waals surface area (Å²) in [4.78, 5) is 11.7. The van der Waals surface area contributed by atoms with Gasteiger partial charge in [0, 0.05) is 33.0 Å². The molecule has 0 heterocycles. The standard InChI is InChI=1S/C23H23ClN2O3/c24-20-8-2-6-18(13-20)22(27)15-25-10-11-26-21-9-3-5-17(14-21)16-4-1-7-19(12-16)23(28)29/h1-9,12-14,22,25-27H,10-11,15H2,(H,28,29)/t22-/m1/s1/i1D,2D,3D,4D,5D,6D,7D,8D,9D,11D2,12D,13D,14D,15D2,22D. The number of rotatable bonds is 9. The van der Waals surface area contributed by atoms with Gasteiger partial charge < -0.3 is 20.8 Å². The molecule has 150 valence electrons. The van der Waals surface area contributed by atoms with E-state index in [1.165, 1.54) is 0 Å². The average Bonchev–Trinajstić information content (AvgIpc) is 2.95. The number of carbonyl (C=O) groups is 1. The van der Waals surface area contributed by atoms with E-state index in [0.717, 1.165) is 0 Å². The van der Waals surface area contributed by atoms with Crippen molar-refractivity contribution in [2.45, 2.75) is 6.08 Å². The summed E-state index contributed by atoms with van der Waals surface area (Å²) in [6.45, 7) is -7.55. The number of hydrogen-bond donors (Lipinski definition) is 4. The molecule has 29 heavy (non-hydrogen) atoms. The number of carboxylic acid groups (broad SMARTS) is 1. The molecule has 0 aromatic heterocycles. The van der Waals surface area contributed by atoms with Crippen LogP contribution in [0, 0.1) is 0 Å². The molecule has 0 aliphatic heterocycles. The van der Waals surface area contributed by atoms with Crippen molar-refractivity contribution in [3.05, 3.63) is 88.7 Å². The highest BCUT2D eigenvalue weighted by atomic mass is 35.5. The first-order valence-corrected chi connectivity index (χ1v) is 8.18. The normalized spacial score (nSPS) is 22.2. The molecule has 0 aliphatic carbocycles. The predicted octanol–water partition coefficient (Wildman–Crippen LogP) is 4.44. The summed E-state index contributed by atoms with van der Waals surface area (Å²) in [5, 5.41) is 23.5. The topological polar surface area (TPSA) is 81.6 Å². The Morgan fingerprint density at radius 2 is 1.83 bits per heavy atom. The van der Waals surface area contributed by atoms with Crippen molar-refractivity contribution in [2.75, 3.05) is 24.9 Å². The molecule has 6 heteroatoms. The van der Waals surface area contributed by atoms with Crippen molar-refractivity contribution in [3.8, 4) is 11.1 Å². The summed E-state index contributed by atoms with van der Waals surface area (Å²) >= 11 is 5.80. The van der Waals surface area contributed by atoms with Crippen LogP contribution in [0.3, 0.4) is 0 Å². The van der Waals surface area contributed by atoms with Gasteiger partial charge in [-0.25, -0.2) is 4.79 Å². The molecule has 0 saturated carbocycles. The summed E-state index contributed by atoms with van der Waals surface area (Å²) in [5.74, 6) is -1.83. The highest BCUT2D eigenvalue weighted by Crippen LogP contribution is 2.23. The molecule has 1 atom stereocenters. The molecule has 0 bridgehead atoms. The van der Waals surface area contributed by atoms with Gasteiger partial charge in [0.2, 0.25) is 0 Å². The van der Waals surface area contributed by atoms with E-state index in [1.54, 1.807) is 0 Å². The van der Waals surface area contributed by atoms with E-state index >= 15 is 0 Å². The van der Waals surface area contributed by atoms with Gasteiger partial charge >= 0.3 is 5.97 Å². The van der Waals surface area contributed by atoms with Crippen molar-refractivity contribution in [1.82, 2.24) is 5.32 Å². The van der Waals surface area contributed by atoms with Crippen molar-refractivity contribution < 1.29 is 38.3 Å². The number of hydrogen-bond acceptors (Lipinski definition) is 4. The van der Waals surface area contributed by atoms with Gasteiger partial charge in [-0.3, -0.25) is 0 Å². The first-order chi connectivity index (χ1) is 20.8. The second-order valence-corrected chi connectivity index (χ2v) is 5.50. The van der Waals surface area contributed by atoms with Crippen LogP contribution in [-0.4, -0.2) is 35.7 Å². The molecule has 3 aromatic carbocycles. The van der Waals surface area contributed by atoms with Gasteiger partial charge in [0.1, 0.15) is 0 Å². The summed E-state index contributed by atoms with van der Waals surface area (Å²) in [7, 11) is 0. The van der Waals surface area contributed by atoms with Crippen LogP contribution < -0.4 is 10.6 Å². The number of nitrogens with one attached hydrogen (secondary N) is 2. The maximum Gasteiger partial charge on any atom is 0.335 e. The van der Waals surface area contributed by atoms with Gasteiger partial charge in [-0.15, -0.1) is 0 Å². The molecule has 3 rings (SSSR count). The lowest BCUT2D eigenvalue weighted by Gasteiger charge is -2.13. The quantitative estimate of drug-likeness (QED) is 0.406. The van der Waals surface area contributed by atoms with Gasteiger partial charge in [0.05, 0.1) is 32.2 Å². The van der Waals surface area contributed by atoms with Crippen LogP contribution in [-0.2, 0) is 0 Å². The van der Waals surface area contributed by atoms with Crippen LogP contribution >= 0.6 is 11.6 Å². The number of halogens is 1. The minimum Gasteiger partial charge on any atom is -0.478 e. The fourth-order valence-electron chi connectivity index (χ4n) is 1.91. The zero-order valence-corrected chi connectivity index (χ0v) is 15.1. The number of aromatic carboxylic acids is 1. The molecule has 0 spiro atoms. The largest absolute Gasteiger partial charge is 0.478 e. The molecule has 0 amide bonds. The Hall–Kier alpha value is -2.86. The van der Waals surface area contributed by atoms with Gasteiger partial charge in [-0.1, -0.05) is 47.9 Å². The van der Waals surface area contributed by atoms with Crippen LogP contribution in [0.5, 0.6) is 0 Å². The number of carboxylic acids is 1. The van der Waals surface area contributed by atoms with Crippen molar-refractivity contribution in [2.24, 2.45) is 0 Å². The molecule has 0 radical (unpaired) electrons. The molecule has 0 fully saturated rings. The predicted molar refractivity (Wildman–Crippen MR) is 117 cm³/mol. The monoisotopic (exact) mass is 427 g/mol. The van der Waals surface area contributed by atoms with Crippen molar-refractivity contribution >= 4 is 23.3 Å². The highest BCUT2D eigenvalue weighted by molar-refractivity contribution is 6.30. The maximum atomic E-state index is 11.7. The summed E-state index contributed by atoms with van der Waals surface area (Å²) in [6, 6.07) is -11.6. The Morgan fingerprint density at radius 3 is 2.62 bits per heavy atom. The lowest BCUT2D eigenvalue weighted by Crippen LogP contribution is -2.26. The summed E-state index contributed by atoms with van der Waals surface area (Å²) < 4.78 is 138. The smallest absolute Gasteiger partial charge is 0.335 e. The number of aliphatic hydroxyl groups is 1. The van der Waals surface area contributed by atoms with E-state index < -0.39 is 137 Å². The van der Waals surface area contributed by atoms with Crippen LogP contribution in [0.15, 0.2) is 72.5 Å². The molecular weight excluding hydrogens is 388 g/mol. The number of benzene rings is 3. The molecule has 5 nitrogen and oxygen atoms in total. The minimum atomic E-state index is -3.57. The Morgan fingerprint density at radius 1 is 1.10 bits per heavy atom. The Balaban J connectivity index is 2.10. The van der Waals surface area contributed by atoms with E-state index in [4.69, 9.17) is 34.9 Å². The second-order valence-electron chi connectivity index (χ2n) is 5.12. The Labute approximate surface area is 198 Å². The van der Waals surface area contributed by atoms with Gasteiger partial charge in [0.25, 0.3) is 0 Å². The van der Waals surface area contributed by atoms with E-state index in [2.05, 4.69) is 5.32 Å². The lowest BCUT2D eigenvalue weighted by atomic mass is 10.0. The van der Waals surface area contributed by atoms with Gasteiger partial charge in [-0.2, -0.15) is 0 Å². The summed E-state index contributed by atoms with van der Waals surface area (Å²) in [5.41, 5.74) is -4.62. The zero-order chi connectivity index (χ0) is 35.6. The van der Waals surface area contributed by atoms with Crippen LogP contribution in [0.25, 0.3) is 11.1 Å². The van der Waals surface area contributed by atoms with E-state index in [0.29, 0.717) is 0 Å². The van der Waals surface area contributed by atoms with E-state index in [-0.39, 0.29) is 0 Å². The fourth-order valence-corrected chi connectivity index (χ4v) is 2.06. The molecule has 3 aromatic rings. The third-order valence-electron chi connectivity index (χ3n) is 3.14. The van der Waals surface area contributed by atoms with Crippen LogP contribution in [0.2, 0.25) is 5.02 Å². The van der Waals surface area contributed by atoms with Crippen LogP contribution in [0.1, 0.15) is 45.3 Å². The Kier molecular flexibility index (Phi) is 2.82. The number of anilines is 1. The van der Waals surface area contributed by atoms with Gasteiger partial charge in [0.15, 0.2) is 0 Å². The summed E-state index contributed by atoms with van der Waals surface area (Å²) in [6.07, 6.45) is -3.57. The second kappa shape index (κ2) is 10.1. The van der Waals surface area contributed by atoms with Gasteiger partial charge in [-0.05, 0) is 52.9 Å². The molecule has 0 unspecified atom stereocenters. The third-order valence-corrected chi connectivity index (χ3v) is 3.33. The third kappa shape index (κ3) is 6.06. The van der Waals surface area contributed by atoms with E-state index in [1.807, 2.05) is 5.32 Å². The molecule has 4 N–H and O–H groups in total. The first-order valence-electron chi connectivity index (χ1n) is 16.3. The molecule has 0 aliphatic rings. The van der Waals surface area contributed by atoms with E-state index in [9.17, 15) is 15.0 Å². The molecule has 0 saturated heterocycles. The van der Waals surface area contributed by atoms with Crippen LogP contribution in [0.4, 0.5) is 5.69 Å². The zero-order valence-electron chi connectivity index (χ0n) is 31.4. The maximum absolute atomic E-state index is 11.7.